The van der Waals surface area contributed by atoms with Crippen molar-refractivity contribution < 1.29 is 24.9 Å². The summed E-state index contributed by atoms with van der Waals surface area (Å²) in [4.78, 5) is 10.6. The van der Waals surface area contributed by atoms with Gasteiger partial charge in [0.2, 0.25) is 0 Å². The molecule has 14 heavy (non-hydrogen) atoms. The van der Waals surface area contributed by atoms with Gasteiger partial charge in [0.05, 0.1) is 0 Å². The number of hydrogen-bond donors (Lipinski definition) is 3. The van der Waals surface area contributed by atoms with Gasteiger partial charge in [-0.2, -0.15) is 0 Å². The molecule has 0 heterocycles. The monoisotopic (exact) mass is 206 g/mol. The largest absolute Gasteiger partial charge is 0.428 e. The Morgan fingerprint density at radius 2 is 2.14 bits per heavy atom. The van der Waals surface area contributed by atoms with Gasteiger partial charge in [0.25, 0.3) is 5.79 Å². The SMILES string of the molecule is CCCCC(O)C(O)(CO)OC(C)=O. The molecule has 0 amide bonds. The summed E-state index contributed by atoms with van der Waals surface area (Å²) in [5.41, 5.74) is 0. The zero-order valence-corrected chi connectivity index (χ0v) is 8.56. The maximum absolute atomic E-state index is 10.6. The average Bonchev–Trinajstić information content (AvgIpc) is 2.12. The minimum Gasteiger partial charge on any atom is -0.428 e. The van der Waals surface area contributed by atoms with Gasteiger partial charge in [-0.3, -0.25) is 4.79 Å². The van der Waals surface area contributed by atoms with Gasteiger partial charge in [-0.15, -0.1) is 0 Å². The van der Waals surface area contributed by atoms with Crippen molar-refractivity contribution in [3.8, 4) is 0 Å². The highest BCUT2D eigenvalue weighted by molar-refractivity contribution is 5.66. The van der Waals surface area contributed by atoms with E-state index < -0.39 is 24.5 Å². The smallest absolute Gasteiger partial charge is 0.305 e. The van der Waals surface area contributed by atoms with Crippen molar-refractivity contribution in [2.75, 3.05) is 6.61 Å². The van der Waals surface area contributed by atoms with Crippen molar-refractivity contribution in [3.05, 3.63) is 0 Å². The van der Waals surface area contributed by atoms with Crippen molar-refractivity contribution in [2.45, 2.75) is 45.0 Å². The van der Waals surface area contributed by atoms with Crippen molar-refractivity contribution in [3.63, 3.8) is 0 Å². The molecule has 5 heteroatoms. The van der Waals surface area contributed by atoms with Gasteiger partial charge < -0.3 is 20.1 Å². The Bertz CT molecular complexity index is 182. The molecule has 2 atom stereocenters. The van der Waals surface area contributed by atoms with E-state index in [1.165, 1.54) is 0 Å². The zero-order valence-electron chi connectivity index (χ0n) is 8.56. The second kappa shape index (κ2) is 5.95. The molecule has 0 bridgehead atoms. The second-order valence-corrected chi connectivity index (χ2v) is 3.25. The summed E-state index contributed by atoms with van der Waals surface area (Å²) < 4.78 is 4.46. The lowest BCUT2D eigenvalue weighted by atomic mass is 10.0. The van der Waals surface area contributed by atoms with Crippen LogP contribution in [0.3, 0.4) is 0 Å². The third-order valence-electron chi connectivity index (χ3n) is 1.90. The summed E-state index contributed by atoms with van der Waals surface area (Å²) in [6.45, 7) is 2.22. The summed E-state index contributed by atoms with van der Waals surface area (Å²) in [6.07, 6.45) is 0.556. The lowest BCUT2D eigenvalue weighted by Gasteiger charge is -2.29. The molecule has 0 fully saturated rings. The van der Waals surface area contributed by atoms with Crippen LogP contribution in [0.2, 0.25) is 0 Å². The number of rotatable bonds is 6. The number of aliphatic hydroxyl groups is 3. The fraction of sp³-hybridized carbons (Fsp3) is 0.889. The van der Waals surface area contributed by atoms with Crippen LogP contribution in [-0.2, 0) is 9.53 Å². The predicted molar refractivity (Wildman–Crippen MR) is 49.3 cm³/mol. The van der Waals surface area contributed by atoms with E-state index in [1.807, 2.05) is 6.92 Å². The summed E-state index contributed by atoms with van der Waals surface area (Å²) in [6, 6.07) is 0. The van der Waals surface area contributed by atoms with Crippen LogP contribution < -0.4 is 0 Å². The predicted octanol–water partition coefficient (Wildman–Crippen LogP) is -0.219. The molecule has 0 aliphatic carbocycles. The van der Waals surface area contributed by atoms with E-state index in [2.05, 4.69) is 4.74 Å². The normalized spacial score (nSPS) is 17.2. The van der Waals surface area contributed by atoms with Crippen LogP contribution in [0.1, 0.15) is 33.1 Å². The van der Waals surface area contributed by atoms with E-state index >= 15 is 0 Å². The molecule has 0 aliphatic heterocycles. The summed E-state index contributed by atoms with van der Waals surface area (Å²) >= 11 is 0. The first-order valence-electron chi connectivity index (χ1n) is 4.67. The standard InChI is InChI=1S/C9H18O5/c1-3-4-5-8(12)9(13,6-10)14-7(2)11/h8,10,12-13H,3-6H2,1-2H3. The minimum absolute atomic E-state index is 0.279. The highest BCUT2D eigenvalue weighted by atomic mass is 16.7. The Hall–Kier alpha value is -0.650. The Kier molecular flexibility index (Phi) is 5.68. The Morgan fingerprint density at radius 3 is 2.50 bits per heavy atom. The van der Waals surface area contributed by atoms with E-state index in [9.17, 15) is 15.0 Å². The molecular formula is C9H18O5. The van der Waals surface area contributed by atoms with Gasteiger partial charge in [0.15, 0.2) is 0 Å². The third kappa shape index (κ3) is 4.04. The highest BCUT2D eigenvalue weighted by Gasteiger charge is 2.38. The number of ether oxygens (including phenoxy) is 1. The molecule has 84 valence electrons. The first-order valence-corrected chi connectivity index (χ1v) is 4.67. The molecule has 3 N–H and O–H groups in total. The highest BCUT2D eigenvalue weighted by Crippen LogP contribution is 2.17. The van der Waals surface area contributed by atoms with Gasteiger partial charge in [0.1, 0.15) is 12.7 Å². The number of carbonyl (C=O) groups excluding carboxylic acids is 1. The van der Waals surface area contributed by atoms with Gasteiger partial charge in [0, 0.05) is 6.92 Å². The molecule has 0 spiro atoms. The average molecular weight is 206 g/mol. The maximum Gasteiger partial charge on any atom is 0.305 e. The Balaban J connectivity index is 4.26. The molecule has 0 aromatic rings. The maximum atomic E-state index is 10.6. The van der Waals surface area contributed by atoms with Crippen LogP contribution in [-0.4, -0.2) is 39.8 Å². The number of carbonyl (C=O) groups is 1. The third-order valence-corrected chi connectivity index (χ3v) is 1.90. The molecule has 0 rings (SSSR count). The number of hydrogen-bond acceptors (Lipinski definition) is 5. The molecule has 0 saturated carbocycles. The molecule has 0 radical (unpaired) electrons. The van der Waals surface area contributed by atoms with E-state index in [-0.39, 0.29) is 6.42 Å². The molecule has 0 aliphatic rings. The minimum atomic E-state index is -2.17. The van der Waals surface area contributed by atoms with Gasteiger partial charge >= 0.3 is 5.97 Å². The van der Waals surface area contributed by atoms with Gasteiger partial charge in [-0.05, 0) is 6.42 Å². The molecule has 0 aromatic carbocycles. The quantitative estimate of drug-likeness (QED) is 0.413. The van der Waals surface area contributed by atoms with E-state index in [0.29, 0.717) is 6.42 Å². The molecular weight excluding hydrogens is 188 g/mol. The first kappa shape index (κ1) is 13.4. The van der Waals surface area contributed by atoms with Gasteiger partial charge in [-0.1, -0.05) is 19.8 Å². The molecule has 0 aromatic heterocycles. The van der Waals surface area contributed by atoms with Crippen LogP contribution in [0.25, 0.3) is 0 Å². The topological polar surface area (TPSA) is 87.0 Å². The zero-order chi connectivity index (χ0) is 11.2. The molecule has 5 nitrogen and oxygen atoms in total. The van der Waals surface area contributed by atoms with E-state index in [1.54, 1.807) is 0 Å². The van der Waals surface area contributed by atoms with Gasteiger partial charge in [-0.25, -0.2) is 0 Å². The van der Waals surface area contributed by atoms with E-state index in [0.717, 1.165) is 13.3 Å². The van der Waals surface area contributed by atoms with Crippen molar-refractivity contribution in [1.29, 1.82) is 0 Å². The number of aliphatic hydroxyl groups excluding tert-OH is 2. The fourth-order valence-electron chi connectivity index (χ4n) is 1.08. The van der Waals surface area contributed by atoms with Crippen LogP contribution in [0, 0.1) is 0 Å². The van der Waals surface area contributed by atoms with E-state index in [4.69, 9.17) is 5.11 Å². The van der Waals surface area contributed by atoms with Crippen molar-refractivity contribution in [2.24, 2.45) is 0 Å². The van der Waals surface area contributed by atoms with Crippen LogP contribution >= 0.6 is 0 Å². The van der Waals surface area contributed by atoms with Crippen molar-refractivity contribution >= 4 is 5.97 Å². The van der Waals surface area contributed by atoms with Crippen LogP contribution in [0.4, 0.5) is 0 Å². The molecule has 0 saturated heterocycles. The fourth-order valence-corrected chi connectivity index (χ4v) is 1.08. The van der Waals surface area contributed by atoms with Crippen LogP contribution in [0.5, 0.6) is 0 Å². The summed E-state index contributed by atoms with van der Waals surface area (Å²) in [7, 11) is 0. The van der Waals surface area contributed by atoms with Crippen molar-refractivity contribution in [1.82, 2.24) is 0 Å². The lowest BCUT2D eigenvalue weighted by molar-refractivity contribution is -0.261. The number of unbranched alkanes of at least 4 members (excludes halogenated alkanes) is 1. The summed E-state index contributed by atoms with van der Waals surface area (Å²) in [5.74, 6) is -2.90. The number of esters is 1. The Labute approximate surface area is 83.3 Å². The molecule has 2 unspecified atom stereocenters. The second-order valence-electron chi connectivity index (χ2n) is 3.25. The lowest BCUT2D eigenvalue weighted by Crippen LogP contribution is -2.49. The first-order chi connectivity index (χ1) is 6.46. The summed E-state index contributed by atoms with van der Waals surface area (Å²) in [5, 5.41) is 27.8. The van der Waals surface area contributed by atoms with Crippen LogP contribution in [0.15, 0.2) is 0 Å². The Morgan fingerprint density at radius 1 is 1.57 bits per heavy atom.